The summed E-state index contributed by atoms with van der Waals surface area (Å²) in [7, 11) is 0. The van der Waals surface area contributed by atoms with Gasteiger partial charge in [-0.3, -0.25) is 4.79 Å². The van der Waals surface area contributed by atoms with Crippen molar-refractivity contribution in [2.75, 3.05) is 18.2 Å². The Morgan fingerprint density at radius 2 is 2.05 bits per heavy atom. The largest absolute Gasteiger partial charge is 0.488 e. The van der Waals surface area contributed by atoms with Crippen LogP contribution < -0.4 is 10.1 Å². The lowest BCUT2D eigenvalue weighted by atomic mass is 10.1. The minimum Gasteiger partial charge on any atom is -0.488 e. The van der Waals surface area contributed by atoms with Gasteiger partial charge in [-0.25, -0.2) is 0 Å². The van der Waals surface area contributed by atoms with E-state index in [9.17, 15) is 4.79 Å². The number of ether oxygens (including phenoxy) is 1. The fraction of sp³-hybridized carbons (Fsp3) is 0.118. The minimum atomic E-state index is -0.122. The summed E-state index contributed by atoms with van der Waals surface area (Å²) in [6.07, 6.45) is 3.89. The van der Waals surface area contributed by atoms with Crippen LogP contribution in [0.4, 0.5) is 5.69 Å². The Morgan fingerprint density at radius 3 is 2.90 bits per heavy atom. The summed E-state index contributed by atoms with van der Waals surface area (Å²) in [6.45, 7) is 0.297. The number of hydrogen-bond donors (Lipinski definition) is 1. The summed E-state index contributed by atoms with van der Waals surface area (Å²) in [5, 5.41) is 2.92. The van der Waals surface area contributed by atoms with Gasteiger partial charge in [-0.05, 0) is 36.6 Å². The molecule has 1 amide bonds. The Morgan fingerprint density at radius 1 is 1.19 bits per heavy atom. The molecule has 0 saturated heterocycles. The monoisotopic (exact) mass is 297 g/mol. The fourth-order valence-electron chi connectivity index (χ4n) is 2.16. The zero-order chi connectivity index (χ0) is 14.7. The molecule has 4 heteroatoms. The van der Waals surface area contributed by atoms with Crippen LogP contribution in [-0.2, 0) is 4.79 Å². The van der Waals surface area contributed by atoms with Gasteiger partial charge in [0.05, 0.1) is 5.57 Å². The van der Waals surface area contributed by atoms with Crippen LogP contribution in [0.25, 0.3) is 6.08 Å². The summed E-state index contributed by atoms with van der Waals surface area (Å²) in [5.41, 5.74) is 2.36. The summed E-state index contributed by atoms with van der Waals surface area (Å²) in [5.74, 6) is 0.696. The van der Waals surface area contributed by atoms with Crippen LogP contribution in [0.5, 0.6) is 5.75 Å². The Balaban J connectivity index is 1.78. The van der Waals surface area contributed by atoms with Crippen LogP contribution in [0.15, 0.2) is 59.0 Å². The van der Waals surface area contributed by atoms with E-state index in [0.29, 0.717) is 12.2 Å². The van der Waals surface area contributed by atoms with E-state index in [1.54, 1.807) is 11.8 Å². The highest BCUT2D eigenvalue weighted by molar-refractivity contribution is 7.98. The molecule has 0 bridgehead atoms. The fourth-order valence-corrected chi connectivity index (χ4v) is 2.62. The zero-order valence-corrected chi connectivity index (χ0v) is 12.4. The summed E-state index contributed by atoms with van der Waals surface area (Å²) in [4.78, 5) is 13.4. The molecule has 2 aromatic rings. The predicted molar refractivity (Wildman–Crippen MR) is 86.8 cm³/mol. The van der Waals surface area contributed by atoms with Gasteiger partial charge < -0.3 is 10.1 Å². The predicted octanol–water partition coefficient (Wildman–Crippen LogP) is 3.82. The SMILES string of the molecule is CSc1cccc(NC(=O)C2=Cc3ccccc3OC2)c1. The van der Waals surface area contributed by atoms with Gasteiger partial charge in [0.2, 0.25) is 0 Å². The third-order valence-corrected chi connectivity index (χ3v) is 3.98. The Kier molecular flexibility index (Phi) is 3.97. The van der Waals surface area contributed by atoms with Crippen LogP contribution in [-0.4, -0.2) is 18.8 Å². The van der Waals surface area contributed by atoms with E-state index in [1.165, 1.54) is 0 Å². The van der Waals surface area contributed by atoms with Crippen LogP contribution in [0.2, 0.25) is 0 Å². The number of para-hydroxylation sites is 1. The highest BCUT2D eigenvalue weighted by Crippen LogP contribution is 2.26. The summed E-state index contributed by atoms with van der Waals surface area (Å²) >= 11 is 1.65. The minimum absolute atomic E-state index is 0.122. The third kappa shape index (κ3) is 3.11. The second kappa shape index (κ2) is 6.06. The lowest BCUT2D eigenvalue weighted by Gasteiger charge is -2.17. The normalized spacial score (nSPS) is 12.9. The number of carbonyl (C=O) groups excluding carboxylic acids is 1. The van der Waals surface area contributed by atoms with E-state index >= 15 is 0 Å². The molecule has 0 fully saturated rings. The number of anilines is 1. The molecule has 0 aromatic heterocycles. The molecule has 3 nitrogen and oxygen atoms in total. The molecule has 0 aliphatic carbocycles. The highest BCUT2D eigenvalue weighted by atomic mass is 32.2. The molecule has 0 unspecified atom stereocenters. The average Bonchev–Trinajstić information content (AvgIpc) is 2.54. The van der Waals surface area contributed by atoms with Crippen molar-refractivity contribution >= 4 is 29.4 Å². The van der Waals surface area contributed by atoms with Crippen molar-refractivity contribution in [1.29, 1.82) is 0 Å². The number of nitrogens with one attached hydrogen (secondary N) is 1. The molecule has 1 aliphatic rings. The second-order valence-electron chi connectivity index (χ2n) is 4.68. The van der Waals surface area contributed by atoms with Crippen LogP contribution in [0.1, 0.15) is 5.56 Å². The standard InChI is InChI=1S/C17H15NO2S/c1-21-15-7-4-6-14(10-15)18-17(19)13-9-12-5-2-3-8-16(12)20-11-13/h2-10H,11H2,1H3,(H,18,19). The van der Waals surface area contributed by atoms with Gasteiger partial charge >= 0.3 is 0 Å². The number of rotatable bonds is 3. The Hall–Kier alpha value is -2.20. The molecule has 0 radical (unpaired) electrons. The van der Waals surface area contributed by atoms with E-state index in [0.717, 1.165) is 21.9 Å². The number of benzene rings is 2. The molecule has 1 heterocycles. The van der Waals surface area contributed by atoms with Gasteiger partial charge in [0.1, 0.15) is 12.4 Å². The number of hydrogen-bond acceptors (Lipinski definition) is 3. The molecular weight excluding hydrogens is 282 g/mol. The second-order valence-corrected chi connectivity index (χ2v) is 5.56. The van der Waals surface area contributed by atoms with Gasteiger partial charge in [-0.15, -0.1) is 11.8 Å². The molecule has 3 rings (SSSR count). The van der Waals surface area contributed by atoms with E-state index in [1.807, 2.05) is 60.9 Å². The Bertz CT molecular complexity index is 709. The van der Waals surface area contributed by atoms with Gasteiger partial charge in [0.25, 0.3) is 5.91 Å². The molecule has 0 spiro atoms. The third-order valence-electron chi connectivity index (χ3n) is 3.25. The highest BCUT2D eigenvalue weighted by Gasteiger charge is 2.16. The lowest BCUT2D eigenvalue weighted by Crippen LogP contribution is -2.21. The smallest absolute Gasteiger partial charge is 0.255 e. The molecule has 1 N–H and O–H groups in total. The average molecular weight is 297 g/mol. The molecule has 2 aromatic carbocycles. The lowest BCUT2D eigenvalue weighted by molar-refractivity contribution is -0.113. The maximum Gasteiger partial charge on any atom is 0.255 e. The van der Waals surface area contributed by atoms with Gasteiger partial charge in [0.15, 0.2) is 0 Å². The van der Waals surface area contributed by atoms with Gasteiger partial charge in [-0.1, -0.05) is 24.3 Å². The Labute approximate surface area is 128 Å². The van der Waals surface area contributed by atoms with Crippen molar-refractivity contribution in [3.63, 3.8) is 0 Å². The van der Waals surface area contributed by atoms with Crippen molar-refractivity contribution in [1.82, 2.24) is 0 Å². The quantitative estimate of drug-likeness (QED) is 0.875. The van der Waals surface area contributed by atoms with Crippen LogP contribution in [0.3, 0.4) is 0 Å². The van der Waals surface area contributed by atoms with E-state index in [-0.39, 0.29) is 5.91 Å². The van der Waals surface area contributed by atoms with Crippen molar-refractivity contribution in [3.8, 4) is 5.75 Å². The van der Waals surface area contributed by atoms with Crippen LogP contribution in [0, 0.1) is 0 Å². The van der Waals surface area contributed by atoms with Crippen LogP contribution >= 0.6 is 11.8 Å². The zero-order valence-electron chi connectivity index (χ0n) is 11.6. The number of amides is 1. The van der Waals surface area contributed by atoms with E-state index < -0.39 is 0 Å². The van der Waals surface area contributed by atoms with E-state index in [2.05, 4.69) is 5.32 Å². The first-order chi connectivity index (χ1) is 10.3. The van der Waals surface area contributed by atoms with Crippen molar-refractivity contribution < 1.29 is 9.53 Å². The maximum atomic E-state index is 12.3. The van der Waals surface area contributed by atoms with Crippen molar-refractivity contribution in [2.24, 2.45) is 0 Å². The first-order valence-electron chi connectivity index (χ1n) is 6.64. The van der Waals surface area contributed by atoms with E-state index in [4.69, 9.17) is 4.74 Å². The molecular formula is C17H15NO2S. The van der Waals surface area contributed by atoms with Crippen molar-refractivity contribution in [2.45, 2.75) is 4.90 Å². The number of fused-ring (bicyclic) bond motifs is 1. The van der Waals surface area contributed by atoms with Crippen molar-refractivity contribution in [3.05, 3.63) is 59.7 Å². The van der Waals surface area contributed by atoms with Gasteiger partial charge in [0, 0.05) is 16.1 Å². The maximum absolute atomic E-state index is 12.3. The molecule has 0 saturated carbocycles. The molecule has 0 atom stereocenters. The topological polar surface area (TPSA) is 38.3 Å². The summed E-state index contributed by atoms with van der Waals surface area (Å²) in [6, 6.07) is 15.5. The number of thioether (sulfide) groups is 1. The first kappa shape index (κ1) is 13.8. The molecule has 1 aliphatic heterocycles. The summed E-state index contributed by atoms with van der Waals surface area (Å²) < 4.78 is 5.61. The number of carbonyl (C=O) groups is 1. The molecule has 21 heavy (non-hydrogen) atoms. The van der Waals surface area contributed by atoms with Gasteiger partial charge in [-0.2, -0.15) is 0 Å². The first-order valence-corrected chi connectivity index (χ1v) is 7.86. The molecule has 106 valence electrons.